The van der Waals surface area contributed by atoms with Gasteiger partial charge in [-0.1, -0.05) is 30.7 Å². The summed E-state index contributed by atoms with van der Waals surface area (Å²) in [4.78, 5) is 30.2. The van der Waals surface area contributed by atoms with Crippen LogP contribution in [0.3, 0.4) is 0 Å². The van der Waals surface area contributed by atoms with Gasteiger partial charge in [0.25, 0.3) is 5.56 Å². The molecule has 1 aromatic carbocycles. The molecule has 3 rings (SSSR count). The van der Waals surface area contributed by atoms with Gasteiger partial charge in [0.1, 0.15) is 0 Å². The predicted octanol–water partition coefficient (Wildman–Crippen LogP) is 1.50. The van der Waals surface area contributed by atoms with E-state index in [1.165, 1.54) is 11.6 Å². The van der Waals surface area contributed by atoms with Gasteiger partial charge in [-0.25, -0.2) is 9.78 Å². The quantitative estimate of drug-likeness (QED) is 0.574. The molecule has 0 spiro atoms. The number of aliphatic hydroxyl groups excluding tert-OH is 1. The van der Waals surface area contributed by atoms with Crippen LogP contribution in [0, 0.1) is 0 Å². The Bertz CT molecular complexity index is 1160. The molecule has 0 radical (unpaired) electrons. The van der Waals surface area contributed by atoms with E-state index in [4.69, 9.17) is 16.7 Å². The molecule has 3 aromatic rings. The molecule has 0 aliphatic rings. The van der Waals surface area contributed by atoms with Gasteiger partial charge >= 0.3 is 5.69 Å². The molecule has 0 amide bonds. The zero-order valence-electron chi connectivity index (χ0n) is 16.3. The third-order valence-electron chi connectivity index (χ3n) is 4.58. The third-order valence-corrected chi connectivity index (χ3v) is 6.33. The van der Waals surface area contributed by atoms with Gasteiger partial charge < -0.3 is 9.67 Å². The fourth-order valence-electron chi connectivity index (χ4n) is 3.15. The van der Waals surface area contributed by atoms with Crippen molar-refractivity contribution in [2.45, 2.75) is 38.0 Å². The largest absolute Gasteiger partial charge is 0.396 e. The minimum Gasteiger partial charge on any atom is -0.396 e. The van der Waals surface area contributed by atoms with Gasteiger partial charge in [0, 0.05) is 31.0 Å². The van der Waals surface area contributed by atoms with Crippen LogP contribution >= 0.6 is 11.6 Å². The monoisotopic (exact) mass is 438 g/mol. The van der Waals surface area contributed by atoms with E-state index in [2.05, 4.69) is 4.98 Å². The molecular formula is C19H23ClN4O4S. The highest BCUT2D eigenvalue weighted by Gasteiger charge is 2.23. The van der Waals surface area contributed by atoms with Gasteiger partial charge in [0.2, 0.25) is 5.16 Å². The normalized spacial score (nSPS) is 12.6. The maximum atomic E-state index is 13.2. The molecule has 2 aromatic heterocycles. The second-order valence-corrected chi connectivity index (χ2v) is 8.61. The second-order valence-electron chi connectivity index (χ2n) is 6.70. The molecule has 2 heterocycles. The number of aliphatic hydroxyl groups is 1. The highest BCUT2D eigenvalue weighted by molar-refractivity contribution is 7.84. The predicted molar refractivity (Wildman–Crippen MR) is 113 cm³/mol. The van der Waals surface area contributed by atoms with Gasteiger partial charge in [-0.3, -0.25) is 18.1 Å². The Kier molecular flexibility index (Phi) is 6.71. The lowest BCUT2D eigenvalue weighted by atomic mass is 10.2. The number of nitrogens with zero attached hydrogens (tertiary/aromatic N) is 4. The van der Waals surface area contributed by atoms with Gasteiger partial charge in [-0.2, -0.15) is 0 Å². The number of aryl methyl sites for hydroxylation is 1. The Hall–Kier alpha value is -2.23. The molecule has 1 atom stereocenters. The van der Waals surface area contributed by atoms with Crippen molar-refractivity contribution in [1.29, 1.82) is 0 Å². The number of rotatable bonds is 8. The van der Waals surface area contributed by atoms with Crippen molar-refractivity contribution in [3.63, 3.8) is 0 Å². The van der Waals surface area contributed by atoms with Crippen LogP contribution in [0.5, 0.6) is 0 Å². The molecule has 1 N–H and O–H groups in total. The van der Waals surface area contributed by atoms with Crippen molar-refractivity contribution < 1.29 is 9.32 Å². The molecular weight excluding hydrogens is 416 g/mol. The molecule has 0 saturated carbocycles. The number of fused-ring (bicyclic) bond motifs is 1. The van der Waals surface area contributed by atoms with E-state index in [0.717, 1.165) is 10.1 Å². The van der Waals surface area contributed by atoms with Crippen LogP contribution in [0.4, 0.5) is 0 Å². The summed E-state index contributed by atoms with van der Waals surface area (Å²) in [5.41, 5.74) is 0.268. The smallest absolute Gasteiger partial charge is 0.332 e. The minimum atomic E-state index is -1.42. The summed E-state index contributed by atoms with van der Waals surface area (Å²) < 4.78 is 16.8. The average Bonchev–Trinajstić information content (AvgIpc) is 3.08. The van der Waals surface area contributed by atoms with Crippen LogP contribution < -0.4 is 11.2 Å². The lowest BCUT2D eigenvalue weighted by Gasteiger charge is -2.11. The lowest BCUT2D eigenvalue weighted by molar-refractivity contribution is 0.277. The summed E-state index contributed by atoms with van der Waals surface area (Å²) >= 11 is 5.96. The fraction of sp³-hybridized carbons (Fsp3) is 0.421. The van der Waals surface area contributed by atoms with Crippen LogP contribution in [0.25, 0.3) is 11.2 Å². The maximum absolute atomic E-state index is 13.2. The van der Waals surface area contributed by atoms with E-state index in [-0.39, 0.29) is 42.4 Å². The standard InChI is InChI=1S/C19H23ClN4O4S/c1-3-11-29(28)18-21-16-15(24(18)12-13-5-7-14(20)8-6-13)17(26)23(9-4-10-25)19(27)22(16)2/h5-8,25H,3-4,9-12H2,1-2H3. The van der Waals surface area contributed by atoms with Crippen LogP contribution in [0.15, 0.2) is 39.0 Å². The first-order valence-electron chi connectivity index (χ1n) is 9.32. The first kappa shape index (κ1) is 21.5. The van der Waals surface area contributed by atoms with Crippen LogP contribution in [0.1, 0.15) is 25.3 Å². The number of hydrogen-bond donors (Lipinski definition) is 1. The Morgan fingerprint density at radius 3 is 2.48 bits per heavy atom. The first-order valence-corrected chi connectivity index (χ1v) is 11.0. The second kappa shape index (κ2) is 9.06. The van der Waals surface area contributed by atoms with Crippen molar-refractivity contribution in [3.05, 3.63) is 55.7 Å². The average molecular weight is 439 g/mol. The number of imidazole rings is 1. The lowest BCUT2D eigenvalue weighted by Crippen LogP contribution is -2.40. The molecule has 29 heavy (non-hydrogen) atoms. The van der Waals surface area contributed by atoms with E-state index in [1.807, 2.05) is 19.1 Å². The molecule has 156 valence electrons. The minimum absolute atomic E-state index is 0.0947. The van der Waals surface area contributed by atoms with E-state index < -0.39 is 22.0 Å². The van der Waals surface area contributed by atoms with Crippen molar-refractivity contribution in [2.24, 2.45) is 7.05 Å². The number of aromatic nitrogens is 4. The number of halogens is 1. The molecule has 0 aliphatic carbocycles. The van der Waals surface area contributed by atoms with Gasteiger partial charge in [-0.15, -0.1) is 0 Å². The summed E-state index contributed by atoms with van der Waals surface area (Å²) in [7, 11) is 0.115. The third kappa shape index (κ3) is 4.22. The van der Waals surface area contributed by atoms with Crippen LogP contribution in [-0.4, -0.2) is 40.4 Å². The topological polar surface area (TPSA) is 99.1 Å². The molecule has 0 aliphatic heterocycles. The van der Waals surface area contributed by atoms with E-state index in [1.54, 1.807) is 16.7 Å². The summed E-state index contributed by atoms with van der Waals surface area (Å²) in [6.45, 7) is 2.15. The Labute approximate surface area is 174 Å². The van der Waals surface area contributed by atoms with Crippen molar-refractivity contribution in [2.75, 3.05) is 12.4 Å². The van der Waals surface area contributed by atoms with Gasteiger partial charge in [0.05, 0.1) is 17.3 Å². The summed E-state index contributed by atoms with van der Waals surface area (Å²) in [6.07, 6.45) is 0.969. The van der Waals surface area contributed by atoms with Gasteiger partial charge in [0.15, 0.2) is 11.2 Å². The van der Waals surface area contributed by atoms with Crippen molar-refractivity contribution in [3.8, 4) is 0 Å². The molecule has 0 fully saturated rings. The van der Waals surface area contributed by atoms with Gasteiger partial charge in [-0.05, 0) is 30.5 Å². The Balaban J connectivity index is 2.29. The molecule has 0 saturated heterocycles. The summed E-state index contributed by atoms with van der Waals surface area (Å²) in [5, 5.41) is 9.96. The summed E-state index contributed by atoms with van der Waals surface area (Å²) in [6, 6.07) is 7.14. The fourth-order valence-corrected chi connectivity index (χ4v) is 4.42. The highest BCUT2D eigenvalue weighted by atomic mass is 35.5. The zero-order chi connectivity index (χ0) is 21.1. The van der Waals surface area contributed by atoms with Crippen LogP contribution in [0.2, 0.25) is 5.02 Å². The van der Waals surface area contributed by atoms with Crippen molar-refractivity contribution >= 4 is 33.6 Å². The van der Waals surface area contributed by atoms with E-state index in [0.29, 0.717) is 17.2 Å². The summed E-state index contributed by atoms with van der Waals surface area (Å²) in [5.74, 6) is 0.399. The van der Waals surface area contributed by atoms with Crippen LogP contribution in [-0.2, 0) is 30.9 Å². The Morgan fingerprint density at radius 1 is 1.17 bits per heavy atom. The molecule has 0 bridgehead atoms. The SMILES string of the molecule is CCCS(=O)c1nc2c(c(=O)n(CCCO)c(=O)n2C)n1Cc1ccc(Cl)cc1. The Morgan fingerprint density at radius 2 is 1.86 bits per heavy atom. The van der Waals surface area contributed by atoms with E-state index >= 15 is 0 Å². The number of hydrogen-bond acceptors (Lipinski definition) is 5. The first-order chi connectivity index (χ1) is 13.9. The maximum Gasteiger partial charge on any atom is 0.332 e. The van der Waals surface area contributed by atoms with Crippen molar-refractivity contribution in [1.82, 2.24) is 18.7 Å². The van der Waals surface area contributed by atoms with E-state index in [9.17, 15) is 13.8 Å². The molecule has 8 nitrogen and oxygen atoms in total. The molecule has 10 heteroatoms. The number of benzene rings is 1. The molecule has 1 unspecified atom stereocenters. The zero-order valence-corrected chi connectivity index (χ0v) is 17.9. The highest BCUT2D eigenvalue weighted by Crippen LogP contribution is 2.19.